The van der Waals surface area contributed by atoms with Crippen molar-refractivity contribution in [2.45, 2.75) is 0 Å². The van der Waals surface area contributed by atoms with E-state index in [1.807, 2.05) is 6.07 Å². The van der Waals surface area contributed by atoms with Crippen LogP contribution in [0.1, 0.15) is 11.1 Å². The average Bonchev–Trinajstić information content (AvgIpc) is 2.63. The van der Waals surface area contributed by atoms with Gasteiger partial charge in [-0.15, -0.1) is 0 Å². The van der Waals surface area contributed by atoms with Crippen molar-refractivity contribution in [1.82, 2.24) is 0 Å². The van der Waals surface area contributed by atoms with Crippen molar-refractivity contribution in [3.05, 3.63) is 62.6 Å². The average molecular weight is 326 g/mol. The van der Waals surface area contributed by atoms with Gasteiger partial charge in [-0.25, -0.2) is 4.79 Å². The monoisotopic (exact) mass is 324 g/mol. The van der Waals surface area contributed by atoms with Gasteiger partial charge in [0, 0.05) is 21.7 Å². The molecule has 0 fully saturated rings. The van der Waals surface area contributed by atoms with Gasteiger partial charge in [0.1, 0.15) is 0 Å². The molecule has 0 radical (unpaired) electrons. The van der Waals surface area contributed by atoms with Crippen molar-refractivity contribution < 1.29 is 9.90 Å². The maximum absolute atomic E-state index is 11.1. The molecule has 0 spiro atoms. The Kier molecular flexibility index (Phi) is 3.25. The quantitative estimate of drug-likeness (QED) is 0.629. The van der Waals surface area contributed by atoms with Crippen LogP contribution in [0.5, 0.6) is 0 Å². The van der Waals surface area contributed by atoms with E-state index < -0.39 is 5.97 Å². The van der Waals surface area contributed by atoms with Gasteiger partial charge in [-0.3, -0.25) is 0 Å². The Morgan fingerprint density at radius 1 is 0.950 bits per heavy atom. The highest BCUT2D eigenvalue weighted by molar-refractivity contribution is 6.37. The summed E-state index contributed by atoms with van der Waals surface area (Å²) in [4.78, 5) is 11.1. The van der Waals surface area contributed by atoms with Gasteiger partial charge in [0.05, 0.1) is 5.02 Å². The molecule has 2 nitrogen and oxygen atoms in total. The van der Waals surface area contributed by atoms with Crippen LogP contribution >= 0.6 is 34.8 Å². The van der Waals surface area contributed by atoms with Crippen LogP contribution in [-0.4, -0.2) is 11.1 Å². The van der Waals surface area contributed by atoms with Crippen molar-refractivity contribution >= 4 is 46.3 Å². The van der Waals surface area contributed by atoms with Gasteiger partial charge in [0.15, 0.2) is 0 Å². The lowest BCUT2D eigenvalue weighted by Crippen LogP contribution is -1.92. The van der Waals surface area contributed by atoms with Crippen molar-refractivity contribution in [3.63, 3.8) is 0 Å². The standard InChI is InChI=1S/C15H7Cl3O2/c16-7-1-2-9-10(3-7)12(6-14(19)20)15-11(9)4-8(17)5-13(15)18/h1-6H,(H,19,20)/b12-6+. The van der Waals surface area contributed by atoms with E-state index in [-0.39, 0.29) is 0 Å². The fourth-order valence-electron chi connectivity index (χ4n) is 2.44. The van der Waals surface area contributed by atoms with E-state index >= 15 is 0 Å². The third kappa shape index (κ3) is 2.10. The Labute approximate surface area is 130 Å². The van der Waals surface area contributed by atoms with Crippen LogP contribution in [0.2, 0.25) is 15.1 Å². The Morgan fingerprint density at radius 3 is 2.35 bits per heavy atom. The Bertz CT molecular complexity index is 779. The van der Waals surface area contributed by atoms with Crippen molar-refractivity contribution in [1.29, 1.82) is 0 Å². The zero-order chi connectivity index (χ0) is 14.4. The molecule has 0 aliphatic heterocycles. The summed E-state index contributed by atoms with van der Waals surface area (Å²) in [6, 6.07) is 8.70. The third-order valence-electron chi connectivity index (χ3n) is 3.15. The summed E-state index contributed by atoms with van der Waals surface area (Å²) in [7, 11) is 0. The van der Waals surface area contributed by atoms with Gasteiger partial charge in [-0.05, 0) is 46.5 Å². The molecule has 0 unspecified atom stereocenters. The van der Waals surface area contributed by atoms with E-state index in [0.717, 1.165) is 22.8 Å². The van der Waals surface area contributed by atoms with E-state index in [9.17, 15) is 4.79 Å². The first-order valence-electron chi connectivity index (χ1n) is 5.71. The van der Waals surface area contributed by atoms with Crippen molar-refractivity contribution in [2.24, 2.45) is 0 Å². The molecule has 2 aromatic carbocycles. The number of halogens is 3. The van der Waals surface area contributed by atoms with Gasteiger partial charge in [-0.1, -0.05) is 40.9 Å². The van der Waals surface area contributed by atoms with E-state index in [1.54, 1.807) is 24.3 Å². The van der Waals surface area contributed by atoms with Gasteiger partial charge >= 0.3 is 5.97 Å². The summed E-state index contributed by atoms with van der Waals surface area (Å²) < 4.78 is 0. The minimum absolute atomic E-state index is 0.423. The summed E-state index contributed by atoms with van der Waals surface area (Å²) in [6.45, 7) is 0. The van der Waals surface area contributed by atoms with Crippen LogP contribution in [0.15, 0.2) is 36.4 Å². The normalized spacial score (nSPS) is 14.2. The summed E-state index contributed by atoms with van der Waals surface area (Å²) >= 11 is 18.3. The molecule has 0 aromatic heterocycles. The molecule has 0 saturated carbocycles. The number of benzene rings is 2. The van der Waals surface area contributed by atoms with Gasteiger partial charge in [0.25, 0.3) is 0 Å². The lowest BCUT2D eigenvalue weighted by Gasteiger charge is -2.05. The minimum Gasteiger partial charge on any atom is -0.478 e. The fourth-order valence-corrected chi connectivity index (χ4v) is 3.21. The van der Waals surface area contributed by atoms with Gasteiger partial charge < -0.3 is 5.11 Å². The molecular weight excluding hydrogens is 319 g/mol. The fraction of sp³-hybridized carbons (Fsp3) is 0. The Hall–Kier alpha value is -1.48. The topological polar surface area (TPSA) is 37.3 Å². The number of hydrogen-bond donors (Lipinski definition) is 1. The molecular formula is C15H7Cl3O2. The zero-order valence-corrected chi connectivity index (χ0v) is 12.2. The molecule has 1 aliphatic rings. The van der Waals surface area contributed by atoms with Crippen LogP contribution in [0.25, 0.3) is 16.7 Å². The molecule has 1 N–H and O–H groups in total. The summed E-state index contributed by atoms with van der Waals surface area (Å²) in [5.41, 5.74) is 3.67. The summed E-state index contributed by atoms with van der Waals surface area (Å²) in [5, 5.41) is 10.5. The van der Waals surface area contributed by atoms with Crippen LogP contribution in [-0.2, 0) is 4.79 Å². The molecule has 0 heterocycles. The second kappa shape index (κ2) is 4.81. The number of hydrogen-bond acceptors (Lipinski definition) is 1. The molecule has 100 valence electrons. The second-order valence-corrected chi connectivity index (χ2v) is 5.68. The molecule has 3 rings (SSSR count). The van der Waals surface area contributed by atoms with Gasteiger partial charge in [-0.2, -0.15) is 0 Å². The summed E-state index contributed by atoms with van der Waals surface area (Å²) in [6.07, 6.45) is 1.14. The largest absolute Gasteiger partial charge is 0.478 e. The number of carboxylic acids is 1. The Morgan fingerprint density at radius 2 is 1.65 bits per heavy atom. The Balaban J connectivity index is 2.41. The predicted octanol–water partition coefficient (Wildman–Crippen LogP) is 5.14. The number of carbonyl (C=O) groups is 1. The number of aliphatic carboxylic acids is 1. The second-order valence-electron chi connectivity index (χ2n) is 4.40. The number of carboxylic acid groups (broad SMARTS) is 1. The van der Waals surface area contributed by atoms with Crippen LogP contribution < -0.4 is 0 Å². The van der Waals surface area contributed by atoms with Gasteiger partial charge in [0.2, 0.25) is 0 Å². The molecule has 0 amide bonds. The smallest absolute Gasteiger partial charge is 0.328 e. The highest BCUT2D eigenvalue weighted by atomic mass is 35.5. The summed E-state index contributed by atoms with van der Waals surface area (Å²) in [5.74, 6) is -1.04. The van der Waals surface area contributed by atoms with E-state index in [1.165, 1.54) is 0 Å². The molecule has 0 saturated heterocycles. The first-order chi connectivity index (χ1) is 9.47. The molecule has 2 aromatic rings. The van der Waals surface area contributed by atoms with Crippen molar-refractivity contribution in [2.75, 3.05) is 0 Å². The SMILES string of the molecule is O=C(O)/C=C1\c2cc(Cl)ccc2-c2cc(Cl)cc(Cl)c21. The lowest BCUT2D eigenvalue weighted by atomic mass is 10.0. The molecule has 5 heteroatoms. The number of rotatable bonds is 1. The highest BCUT2D eigenvalue weighted by Gasteiger charge is 2.27. The molecule has 1 aliphatic carbocycles. The van der Waals surface area contributed by atoms with E-state index in [2.05, 4.69) is 0 Å². The zero-order valence-electron chi connectivity index (χ0n) is 9.95. The third-order valence-corrected chi connectivity index (χ3v) is 3.91. The van der Waals surface area contributed by atoms with Crippen LogP contribution in [0, 0.1) is 0 Å². The predicted molar refractivity (Wildman–Crippen MR) is 81.6 cm³/mol. The van der Waals surface area contributed by atoms with E-state index in [0.29, 0.717) is 26.2 Å². The number of fused-ring (bicyclic) bond motifs is 3. The molecule has 20 heavy (non-hydrogen) atoms. The van der Waals surface area contributed by atoms with E-state index in [4.69, 9.17) is 39.9 Å². The first kappa shape index (κ1) is 13.5. The van der Waals surface area contributed by atoms with Crippen molar-refractivity contribution in [3.8, 4) is 11.1 Å². The maximum Gasteiger partial charge on any atom is 0.328 e. The molecule has 0 bridgehead atoms. The molecule has 0 atom stereocenters. The first-order valence-corrected chi connectivity index (χ1v) is 6.85. The maximum atomic E-state index is 11.1. The van der Waals surface area contributed by atoms with Crippen LogP contribution in [0.3, 0.4) is 0 Å². The lowest BCUT2D eigenvalue weighted by molar-refractivity contribution is -0.131. The minimum atomic E-state index is -1.04. The highest BCUT2D eigenvalue weighted by Crippen LogP contribution is 2.48. The van der Waals surface area contributed by atoms with Crippen LogP contribution in [0.4, 0.5) is 0 Å².